The Morgan fingerprint density at radius 2 is 1.53 bits per heavy atom. The third kappa shape index (κ3) is 9.36. The van der Waals surface area contributed by atoms with Gasteiger partial charge in [0, 0.05) is 16.4 Å². The molecule has 0 bridgehead atoms. The van der Waals surface area contributed by atoms with Crippen molar-refractivity contribution >= 4 is 41.1 Å². The lowest BCUT2D eigenvalue weighted by atomic mass is 10.1. The molecule has 0 amide bonds. The maximum Gasteiger partial charge on any atom is 0.0787 e. The van der Waals surface area contributed by atoms with E-state index < -0.39 is 0 Å². The molecule has 1 aliphatic heterocycles. The van der Waals surface area contributed by atoms with E-state index in [1.165, 1.54) is 76.4 Å². The Labute approximate surface area is 134 Å². The quantitative estimate of drug-likeness (QED) is 0.299. The standard InChI is InChI=1S/C16H30S3/c1-2-3-4-5-6-7-8-9-10-11-12-15-14-18-16(13-17)19-15/h13,15-16H,2-12,14H2,1H3. The van der Waals surface area contributed by atoms with E-state index in [4.69, 9.17) is 12.2 Å². The van der Waals surface area contributed by atoms with E-state index in [0.717, 1.165) is 5.25 Å². The normalized spacial score (nSPS) is 22.8. The summed E-state index contributed by atoms with van der Waals surface area (Å²) < 4.78 is 0.600. The molecule has 2 atom stereocenters. The molecule has 0 saturated carbocycles. The van der Waals surface area contributed by atoms with Gasteiger partial charge in [-0.1, -0.05) is 83.3 Å². The van der Waals surface area contributed by atoms with Gasteiger partial charge in [-0.15, -0.1) is 23.5 Å². The van der Waals surface area contributed by atoms with Crippen molar-refractivity contribution in [1.29, 1.82) is 0 Å². The van der Waals surface area contributed by atoms with Gasteiger partial charge < -0.3 is 0 Å². The first-order valence-electron chi connectivity index (χ1n) is 8.09. The summed E-state index contributed by atoms with van der Waals surface area (Å²) in [5.41, 5.74) is 0. The largest absolute Gasteiger partial charge is 0.141 e. The Morgan fingerprint density at radius 3 is 2.05 bits per heavy atom. The highest BCUT2D eigenvalue weighted by atomic mass is 32.2. The maximum absolute atomic E-state index is 5.02. The molecule has 2 unspecified atom stereocenters. The smallest absolute Gasteiger partial charge is 0.0787 e. The Hall–Kier alpha value is 0.790. The first kappa shape index (κ1) is 17.8. The average molecular weight is 319 g/mol. The Bertz CT molecular complexity index is 218. The van der Waals surface area contributed by atoms with Crippen molar-refractivity contribution in [3.8, 4) is 0 Å². The molecule has 1 heterocycles. The summed E-state index contributed by atoms with van der Waals surface area (Å²) in [7, 11) is 0. The van der Waals surface area contributed by atoms with Crippen molar-refractivity contribution in [2.45, 2.75) is 87.4 Å². The van der Waals surface area contributed by atoms with Gasteiger partial charge >= 0.3 is 0 Å². The van der Waals surface area contributed by atoms with Crippen molar-refractivity contribution in [2.24, 2.45) is 0 Å². The van der Waals surface area contributed by atoms with Gasteiger partial charge in [0.2, 0.25) is 0 Å². The summed E-state index contributed by atoms with van der Waals surface area (Å²) in [5, 5.41) is 2.82. The second-order valence-corrected chi connectivity index (χ2v) is 8.76. The van der Waals surface area contributed by atoms with E-state index >= 15 is 0 Å². The van der Waals surface area contributed by atoms with Crippen LogP contribution in [0.4, 0.5) is 0 Å². The molecule has 0 spiro atoms. The van der Waals surface area contributed by atoms with Crippen LogP contribution >= 0.6 is 35.7 Å². The summed E-state index contributed by atoms with van der Waals surface area (Å²) in [4.78, 5) is 0. The van der Waals surface area contributed by atoms with Gasteiger partial charge in [0.15, 0.2) is 0 Å². The molecule has 3 heteroatoms. The monoisotopic (exact) mass is 318 g/mol. The number of thioether (sulfide) groups is 2. The Kier molecular flexibility index (Phi) is 11.8. The van der Waals surface area contributed by atoms with Crippen molar-refractivity contribution in [3.05, 3.63) is 0 Å². The fraction of sp³-hybridized carbons (Fsp3) is 0.938. The van der Waals surface area contributed by atoms with E-state index in [0.29, 0.717) is 4.58 Å². The van der Waals surface area contributed by atoms with Crippen molar-refractivity contribution in [3.63, 3.8) is 0 Å². The van der Waals surface area contributed by atoms with E-state index in [1.54, 1.807) is 0 Å². The molecule has 0 nitrogen and oxygen atoms in total. The molecule has 19 heavy (non-hydrogen) atoms. The minimum atomic E-state index is 0.600. The van der Waals surface area contributed by atoms with Gasteiger partial charge in [-0.3, -0.25) is 0 Å². The number of thiocarbonyl (C=S) groups is 1. The molecule has 1 saturated heterocycles. The fourth-order valence-corrected chi connectivity index (χ4v) is 5.95. The first-order chi connectivity index (χ1) is 9.36. The summed E-state index contributed by atoms with van der Waals surface area (Å²) in [6.45, 7) is 2.29. The molecule has 0 N–H and O–H groups in total. The molecule has 112 valence electrons. The molecular formula is C16H30S3. The van der Waals surface area contributed by atoms with Gasteiger partial charge in [0.05, 0.1) is 4.58 Å². The molecule has 0 aliphatic carbocycles. The molecular weight excluding hydrogens is 288 g/mol. The van der Waals surface area contributed by atoms with E-state index in [-0.39, 0.29) is 0 Å². The van der Waals surface area contributed by atoms with Crippen LogP contribution in [0.25, 0.3) is 0 Å². The van der Waals surface area contributed by atoms with Gasteiger partial charge in [-0.2, -0.15) is 0 Å². The SMILES string of the molecule is CCCCCCCCCCCCC1CSC(C=S)S1. The summed E-state index contributed by atoms with van der Waals surface area (Å²) in [5.74, 6) is 1.32. The third-order valence-electron chi connectivity index (χ3n) is 3.76. The van der Waals surface area contributed by atoms with Crippen LogP contribution in [0.1, 0.15) is 77.6 Å². The maximum atomic E-state index is 5.02. The topological polar surface area (TPSA) is 0 Å². The molecule has 0 radical (unpaired) electrons. The van der Waals surface area contributed by atoms with E-state index in [1.807, 2.05) is 17.1 Å². The van der Waals surface area contributed by atoms with Crippen LogP contribution in [0.3, 0.4) is 0 Å². The number of rotatable bonds is 12. The molecule has 1 fully saturated rings. The van der Waals surface area contributed by atoms with Gasteiger partial charge in [0.25, 0.3) is 0 Å². The van der Waals surface area contributed by atoms with Gasteiger partial charge in [0.1, 0.15) is 0 Å². The van der Waals surface area contributed by atoms with E-state index in [9.17, 15) is 0 Å². The lowest BCUT2D eigenvalue weighted by molar-refractivity contribution is 0.550. The summed E-state index contributed by atoms with van der Waals surface area (Å²) in [6, 6.07) is 0. The third-order valence-corrected chi connectivity index (χ3v) is 7.58. The average Bonchev–Trinajstić information content (AvgIpc) is 2.89. The highest BCUT2D eigenvalue weighted by molar-refractivity contribution is 8.22. The predicted octanol–water partition coefficient (Wildman–Crippen LogP) is 6.47. The van der Waals surface area contributed by atoms with Crippen molar-refractivity contribution in [2.75, 3.05) is 5.75 Å². The van der Waals surface area contributed by atoms with Gasteiger partial charge in [-0.05, 0) is 6.42 Å². The Balaban J connectivity index is 1.78. The zero-order valence-corrected chi connectivity index (χ0v) is 14.9. The van der Waals surface area contributed by atoms with Crippen LogP contribution in [-0.4, -0.2) is 21.0 Å². The van der Waals surface area contributed by atoms with Crippen LogP contribution < -0.4 is 0 Å². The first-order valence-corrected chi connectivity index (χ1v) is 10.6. The minimum Gasteiger partial charge on any atom is -0.141 e. The predicted molar refractivity (Wildman–Crippen MR) is 97.7 cm³/mol. The van der Waals surface area contributed by atoms with Gasteiger partial charge in [-0.25, -0.2) is 0 Å². The molecule has 1 aliphatic rings. The van der Waals surface area contributed by atoms with E-state index in [2.05, 4.69) is 18.7 Å². The lowest BCUT2D eigenvalue weighted by Crippen LogP contribution is -2.01. The summed E-state index contributed by atoms with van der Waals surface area (Å²) >= 11 is 9.15. The van der Waals surface area contributed by atoms with Crippen LogP contribution in [0.15, 0.2) is 0 Å². The second-order valence-electron chi connectivity index (χ2n) is 5.57. The molecule has 1 rings (SSSR count). The van der Waals surface area contributed by atoms with Crippen molar-refractivity contribution in [1.82, 2.24) is 0 Å². The van der Waals surface area contributed by atoms with Crippen LogP contribution in [0.2, 0.25) is 0 Å². The van der Waals surface area contributed by atoms with Crippen LogP contribution in [0, 0.1) is 0 Å². The van der Waals surface area contributed by atoms with Crippen LogP contribution in [-0.2, 0) is 0 Å². The molecule has 0 aromatic rings. The lowest BCUT2D eigenvalue weighted by Gasteiger charge is -2.07. The van der Waals surface area contributed by atoms with Crippen molar-refractivity contribution < 1.29 is 0 Å². The molecule has 0 aromatic carbocycles. The Morgan fingerprint density at radius 1 is 0.947 bits per heavy atom. The second kappa shape index (κ2) is 12.5. The minimum absolute atomic E-state index is 0.600. The number of unbranched alkanes of at least 4 members (excludes halogenated alkanes) is 9. The number of hydrogen-bond acceptors (Lipinski definition) is 3. The number of hydrogen-bond donors (Lipinski definition) is 0. The van der Waals surface area contributed by atoms with Crippen LogP contribution in [0.5, 0.6) is 0 Å². The highest BCUT2D eigenvalue weighted by Crippen LogP contribution is 2.39. The highest BCUT2D eigenvalue weighted by Gasteiger charge is 2.23. The zero-order chi connectivity index (χ0) is 13.8. The fourth-order valence-electron chi connectivity index (χ4n) is 2.55. The molecule has 0 aromatic heterocycles. The zero-order valence-electron chi connectivity index (χ0n) is 12.4. The summed E-state index contributed by atoms with van der Waals surface area (Å²) in [6.07, 6.45) is 15.8.